The predicted octanol–water partition coefficient (Wildman–Crippen LogP) is 4.82. The molecule has 132 valence electrons. The molecule has 0 saturated heterocycles. The van der Waals surface area contributed by atoms with Crippen LogP contribution in [0.1, 0.15) is 18.1 Å². The number of para-hydroxylation sites is 2. The highest BCUT2D eigenvalue weighted by Gasteiger charge is 2.17. The van der Waals surface area contributed by atoms with Crippen LogP contribution < -0.4 is 10.1 Å². The number of anilines is 1. The first kappa shape index (κ1) is 17.7. The summed E-state index contributed by atoms with van der Waals surface area (Å²) in [5.74, 6) is -0.227. The Hall–Kier alpha value is -3.14. The van der Waals surface area contributed by atoms with Crippen molar-refractivity contribution in [2.75, 3.05) is 5.32 Å². The smallest absolute Gasteiger partial charge is 0.265 e. The van der Waals surface area contributed by atoms with E-state index in [2.05, 4.69) is 5.32 Å². The molecule has 0 heterocycles. The number of rotatable bonds is 6. The van der Waals surface area contributed by atoms with Crippen LogP contribution in [0.3, 0.4) is 0 Å². The second-order valence-electron chi connectivity index (χ2n) is 6.00. The van der Waals surface area contributed by atoms with Gasteiger partial charge in [0, 0.05) is 6.42 Å². The van der Waals surface area contributed by atoms with Crippen molar-refractivity contribution in [1.82, 2.24) is 0 Å². The van der Waals surface area contributed by atoms with E-state index in [0.717, 1.165) is 11.1 Å². The fourth-order valence-electron chi connectivity index (χ4n) is 2.62. The van der Waals surface area contributed by atoms with E-state index >= 15 is 0 Å². The lowest BCUT2D eigenvalue weighted by molar-refractivity contribution is -0.122. The molecule has 3 aromatic rings. The number of carbonyl (C=O) groups excluding carboxylic acids is 1. The minimum Gasteiger partial charge on any atom is -0.481 e. The summed E-state index contributed by atoms with van der Waals surface area (Å²) in [4.78, 5) is 12.3. The summed E-state index contributed by atoms with van der Waals surface area (Å²) in [6.45, 7) is 1.65. The van der Waals surface area contributed by atoms with Crippen LogP contribution in [0.25, 0.3) is 0 Å². The van der Waals surface area contributed by atoms with Gasteiger partial charge in [-0.15, -0.1) is 0 Å². The molecule has 0 aliphatic rings. The average Bonchev–Trinajstić information content (AvgIpc) is 2.66. The molecule has 26 heavy (non-hydrogen) atoms. The third-order valence-corrected chi connectivity index (χ3v) is 4.01. The van der Waals surface area contributed by atoms with Crippen LogP contribution in [0.15, 0.2) is 78.9 Å². The van der Waals surface area contributed by atoms with E-state index in [-0.39, 0.29) is 5.69 Å². The number of hydrogen-bond donors (Lipinski definition) is 1. The van der Waals surface area contributed by atoms with Crippen molar-refractivity contribution < 1.29 is 13.9 Å². The SMILES string of the molecule is C[C@H](Oc1ccccc1Cc1ccccc1)C(=O)Nc1ccccc1F. The van der Waals surface area contributed by atoms with Crippen molar-refractivity contribution in [3.63, 3.8) is 0 Å². The highest BCUT2D eigenvalue weighted by atomic mass is 19.1. The Bertz CT molecular complexity index is 880. The predicted molar refractivity (Wildman–Crippen MR) is 101 cm³/mol. The molecular weight excluding hydrogens is 329 g/mol. The van der Waals surface area contributed by atoms with Crippen LogP contribution in [0.5, 0.6) is 5.75 Å². The quantitative estimate of drug-likeness (QED) is 0.693. The van der Waals surface area contributed by atoms with Crippen molar-refractivity contribution in [1.29, 1.82) is 0 Å². The van der Waals surface area contributed by atoms with E-state index in [0.29, 0.717) is 12.2 Å². The van der Waals surface area contributed by atoms with Crippen LogP contribution in [0.4, 0.5) is 10.1 Å². The summed E-state index contributed by atoms with van der Waals surface area (Å²) in [5, 5.41) is 2.56. The summed E-state index contributed by atoms with van der Waals surface area (Å²) < 4.78 is 19.5. The maximum Gasteiger partial charge on any atom is 0.265 e. The Morgan fingerprint density at radius 2 is 1.62 bits per heavy atom. The standard InChI is InChI=1S/C22H20FNO2/c1-16(22(25)24-20-13-7-6-12-19(20)23)26-21-14-8-5-11-18(21)15-17-9-3-2-4-10-17/h2-14,16H,15H2,1H3,(H,24,25)/t16-/m0/s1. The van der Waals surface area contributed by atoms with Gasteiger partial charge in [0.2, 0.25) is 0 Å². The molecule has 0 unspecified atom stereocenters. The van der Waals surface area contributed by atoms with E-state index < -0.39 is 17.8 Å². The van der Waals surface area contributed by atoms with Crippen LogP contribution in [0.2, 0.25) is 0 Å². The number of nitrogens with one attached hydrogen (secondary N) is 1. The first-order valence-corrected chi connectivity index (χ1v) is 8.47. The van der Waals surface area contributed by atoms with Crippen molar-refractivity contribution in [2.45, 2.75) is 19.4 Å². The van der Waals surface area contributed by atoms with Gasteiger partial charge < -0.3 is 10.1 Å². The lowest BCUT2D eigenvalue weighted by Crippen LogP contribution is -2.30. The lowest BCUT2D eigenvalue weighted by Gasteiger charge is -2.17. The van der Waals surface area contributed by atoms with Crippen molar-refractivity contribution in [2.24, 2.45) is 0 Å². The Labute approximate surface area is 152 Å². The van der Waals surface area contributed by atoms with Gasteiger partial charge >= 0.3 is 0 Å². The zero-order valence-corrected chi connectivity index (χ0v) is 14.5. The van der Waals surface area contributed by atoms with E-state index in [4.69, 9.17) is 4.74 Å². The summed E-state index contributed by atoms with van der Waals surface area (Å²) in [6, 6.07) is 23.7. The molecule has 3 aromatic carbocycles. The first-order valence-electron chi connectivity index (χ1n) is 8.47. The number of hydrogen-bond acceptors (Lipinski definition) is 2. The normalized spacial score (nSPS) is 11.6. The van der Waals surface area contributed by atoms with Gasteiger partial charge in [0.15, 0.2) is 6.10 Å². The molecule has 1 atom stereocenters. The molecule has 3 rings (SSSR count). The van der Waals surface area contributed by atoms with Gasteiger partial charge in [0.25, 0.3) is 5.91 Å². The Morgan fingerprint density at radius 1 is 0.962 bits per heavy atom. The van der Waals surface area contributed by atoms with Crippen LogP contribution >= 0.6 is 0 Å². The van der Waals surface area contributed by atoms with Crippen LogP contribution in [0, 0.1) is 5.82 Å². The first-order chi connectivity index (χ1) is 12.6. The summed E-state index contributed by atoms with van der Waals surface area (Å²) in [6.07, 6.45) is -0.0508. The summed E-state index contributed by atoms with van der Waals surface area (Å²) in [7, 11) is 0. The number of halogens is 1. The number of carbonyl (C=O) groups is 1. The van der Waals surface area contributed by atoms with Gasteiger partial charge in [0.05, 0.1) is 5.69 Å². The minimum atomic E-state index is -0.758. The van der Waals surface area contributed by atoms with E-state index in [1.54, 1.807) is 19.1 Å². The number of ether oxygens (including phenoxy) is 1. The molecule has 0 bridgehead atoms. The Morgan fingerprint density at radius 3 is 2.38 bits per heavy atom. The molecular formula is C22H20FNO2. The Balaban J connectivity index is 1.70. The van der Waals surface area contributed by atoms with Gasteiger partial charge in [-0.2, -0.15) is 0 Å². The highest BCUT2D eigenvalue weighted by Crippen LogP contribution is 2.23. The van der Waals surface area contributed by atoms with Gasteiger partial charge in [-0.05, 0) is 36.2 Å². The maximum atomic E-state index is 13.7. The van der Waals surface area contributed by atoms with Gasteiger partial charge in [-0.25, -0.2) is 4.39 Å². The van der Waals surface area contributed by atoms with Gasteiger partial charge in [0.1, 0.15) is 11.6 Å². The molecule has 4 heteroatoms. The Kier molecular flexibility index (Phi) is 5.64. The summed E-state index contributed by atoms with van der Waals surface area (Å²) in [5.41, 5.74) is 2.29. The number of amides is 1. The lowest BCUT2D eigenvalue weighted by atomic mass is 10.0. The fraction of sp³-hybridized carbons (Fsp3) is 0.136. The molecule has 0 aromatic heterocycles. The van der Waals surface area contributed by atoms with E-state index in [1.807, 2.05) is 54.6 Å². The van der Waals surface area contributed by atoms with Crippen molar-refractivity contribution in [3.05, 3.63) is 95.8 Å². The minimum absolute atomic E-state index is 0.144. The van der Waals surface area contributed by atoms with Crippen LogP contribution in [-0.4, -0.2) is 12.0 Å². The van der Waals surface area contributed by atoms with Crippen molar-refractivity contribution in [3.8, 4) is 5.75 Å². The molecule has 3 nitrogen and oxygen atoms in total. The molecule has 1 N–H and O–H groups in total. The summed E-state index contributed by atoms with van der Waals surface area (Å²) >= 11 is 0. The molecule has 0 aliphatic carbocycles. The molecule has 0 aliphatic heterocycles. The molecule has 0 spiro atoms. The van der Waals surface area contributed by atoms with Gasteiger partial charge in [-0.1, -0.05) is 60.7 Å². The highest BCUT2D eigenvalue weighted by molar-refractivity contribution is 5.94. The second kappa shape index (κ2) is 8.30. The largest absolute Gasteiger partial charge is 0.481 e. The fourth-order valence-corrected chi connectivity index (χ4v) is 2.62. The monoisotopic (exact) mass is 349 g/mol. The second-order valence-corrected chi connectivity index (χ2v) is 6.00. The van der Waals surface area contributed by atoms with E-state index in [9.17, 15) is 9.18 Å². The number of benzene rings is 3. The zero-order valence-electron chi connectivity index (χ0n) is 14.5. The average molecular weight is 349 g/mol. The topological polar surface area (TPSA) is 38.3 Å². The third kappa shape index (κ3) is 4.48. The third-order valence-electron chi connectivity index (χ3n) is 4.01. The van der Waals surface area contributed by atoms with Crippen LogP contribution in [-0.2, 0) is 11.2 Å². The molecule has 1 amide bonds. The molecule has 0 fully saturated rings. The molecule has 0 radical (unpaired) electrons. The maximum absolute atomic E-state index is 13.7. The van der Waals surface area contributed by atoms with Gasteiger partial charge in [-0.3, -0.25) is 4.79 Å². The van der Waals surface area contributed by atoms with Crippen molar-refractivity contribution >= 4 is 11.6 Å². The zero-order chi connectivity index (χ0) is 18.4. The van der Waals surface area contributed by atoms with E-state index in [1.165, 1.54) is 12.1 Å². The molecule has 0 saturated carbocycles.